The third-order valence-corrected chi connectivity index (χ3v) is 3.67. The van der Waals surface area contributed by atoms with E-state index in [-0.39, 0.29) is 5.28 Å². The van der Waals surface area contributed by atoms with Gasteiger partial charge in [0.25, 0.3) is 0 Å². The van der Waals surface area contributed by atoms with Gasteiger partial charge in [0.15, 0.2) is 11.5 Å². The second kappa shape index (κ2) is 4.94. The first-order valence-corrected chi connectivity index (χ1v) is 6.77. The topological polar surface area (TPSA) is 56.1 Å². The number of aromatic nitrogens is 4. The first kappa shape index (κ1) is 12.6. The zero-order valence-electron chi connectivity index (χ0n) is 11.0. The van der Waals surface area contributed by atoms with Gasteiger partial charge in [0.2, 0.25) is 5.28 Å². The molecule has 1 fully saturated rings. The predicted molar refractivity (Wildman–Crippen MR) is 73.6 cm³/mol. The molecule has 0 aromatic carbocycles. The number of anilines is 1. The van der Waals surface area contributed by atoms with Crippen LogP contribution >= 0.6 is 11.6 Å². The molecule has 0 aliphatic carbocycles. The van der Waals surface area contributed by atoms with E-state index in [0.29, 0.717) is 18.3 Å². The minimum absolute atomic E-state index is 0.238. The van der Waals surface area contributed by atoms with Crippen molar-refractivity contribution in [2.24, 2.45) is 7.05 Å². The molecule has 6 nitrogen and oxygen atoms in total. The van der Waals surface area contributed by atoms with Crippen LogP contribution in [0, 0.1) is 0 Å². The summed E-state index contributed by atoms with van der Waals surface area (Å²) in [6.45, 7) is 4.39. The Hall–Kier alpha value is -1.40. The van der Waals surface area contributed by atoms with Gasteiger partial charge < -0.3 is 14.2 Å². The Labute approximate surface area is 116 Å². The average molecular weight is 282 g/mol. The van der Waals surface area contributed by atoms with Crippen molar-refractivity contribution in [1.82, 2.24) is 19.5 Å². The highest BCUT2D eigenvalue weighted by molar-refractivity contribution is 6.28. The fraction of sp³-hybridized carbons (Fsp3) is 0.583. The number of morpholine rings is 1. The second-order valence-electron chi connectivity index (χ2n) is 4.67. The molecule has 1 aliphatic heterocycles. The van der Waals surface area contributed by atoms with Gasteiger partial charge in [-0.3, -0.25) is 0 Å². The van der Waals surface area contributed by atoms with Gasteiger partial charge in [0, 0.05) is 13.6 Å². The Balaban J connectivity index is 2.14. The highest BCUT2D eigenvalue weighted by Crippen LogP contribution is 2.27. The van der Waals surface area contributed by atoms with Crippen molar-refractivity contribution >= 4 is 28.6 Å². The lowest BCUT2D eigenvalue weighted by Gasteiger charge is -2.36. The van der Waals surface area contributed by atoms with Gasteiger partial charge in [-0.05, 0) is 18.0 Å². The van der Waals surface area contributed by atoms with Crippen molar-refractivity contribution < 1.29 is 4.74 Å². The zero-order chi connectivity index (χ0) is 13.4. The van der Waals surface area contributed by atoms with Gasteiger partial charge in [-0.2, -0.15) is 9.97 Å². The summed E-state index contributed by atoms with van der Waals surface area (Å²) in [5.41, 5.74) is 1.56. The normalized spacial score (nSPS) is 20.2. The summed E-state index contributed by atoms with van der Waals surface area (Å²) in [5.74, 6) is 0.852. The van der Waals surface area contributed by atoms with E-state index in [4.69, 9.17) is 16.3 Å². The van der Waals surface area contributed by atoms with E-state index in [2.05, 4.69) is 26.8 Å². The number of hydrogen-bond donors (Lipinski definition) is 0. The van der Waals surface area contributed by atoms with E-state index in [1.807, 2.05) is 11.6 Å². The van der Waals surface area contributed by atoms with E-state index in [1.54, 1.807) is 6.33 Å². The molecule has 102 valence electrons. The Morgan fingerprint density at radius 2 is 2.32 bits per heavy atom. The van der Waals surface area contributed by atoms with Crippen molar-refractivity contribution in [1.29, 1.82) is 0 Å². The molecule has 3 rings (SSSR count). The second-order valence-corrected chi connectivity index (χ2v) is 5.01. The molecule has 0 spiro atoms. The van der Waals surface area contributed by atoms with E-state index >= 15 is 0 Å². The molecule has 1 aliphatic rings. The zero-order valence-corrected chi connectivity index (χ0v) is 11.8. The average Bonchev–Trinajstić information content (AvgIpc) is 2.79. The lowest BCUT2D eigenvalue weighted by Crippen LogP contribution is -2.45. The molecule has 0 unspecified atom stereocenters. The molecule has 3 heterocycles. The third-order valence-electron chi connectivity index (χ3n) is 3.50. The standard InChI is InChI=1S/C12H16ClN5O/c1-3-8-6-19-5-4-18(8)11-9-10(14-7-17(9)2)15-12(13)16-11/h7-8H,3-6H2,1-2H3/t8-/m0/s1. The summed E-state index contributed by atoms with van der Waals surface area (Å²) in [6, 6.07) is 0.317. The number of nitrogens with zero attached hydrogens (tertiary/aromatic N) is 5. The number of fused-ring (bicyclic) bond motifs is 1. The summed E-state index contributed by atoms with van der Waals surface area (Å²) < 4.78 is 7.47. The smallest absolute Gasteiger partial charge is 0.226 e. The van der Waals surface area contributed by atoms with Crippen LogP contribution in [0.5, 0.6) is 0 Å². The van der Waals surface area contributed by atoms with Crippen molar-refractivity contribution in [2.45, 2.75) is 19.4 Å². The predicted octanol–water partition coefficient (Wildman–Crippen LogP) is 1.63. The van der Waals surface area contributed by atoms with Crippen LogP contribution in [0.3, 0.4) is 0 Å². The van der Waals surface area contributed by atoms with Crippen molar-refractivity contribution in [3.8, 4) is 0 Å². The summed E-state index contributed by atoms with van der Waals surface area (Å²) in [5, 5.41) is 0.238. The highest BCUT2D eigenvalue weighted by Gasteiger charge is 2.26. The molecular weight excluding hydrogens is 266 g/mol. The number of hydrogen-bond acceptors (Lipinski definition) is 5. The molecule has 2 aromatic rings. The fourth-order valence-electron chi connectivity index (χ4n) is 2.48. The molecular formula is C12H16ClN5O. The summed E-state index contributed by atoms with van der Waals surface area (Å²) >= 11 is 6.01. The van der Waals surface area contributed by atoms with Crippen LogP contribution in [0.1, 0.15) is 13.3 Å². The van der Waals surface area contributed by atoms with Crippen molar-refractivity contribution in [3.05, 3.63) is 11.6 Å². The summed E-state index contributed by atoms with van der Waals surface area (Å²) in [4.78, 5) is 15.1. The maximum atomic E-state index is 6.01. The minimum Gasteiger partial charge on any atom is -0.377 e. The van der Waals surface area contributed by atoms with E-state index in [0.717, 1.165) is 30.9 Å². The van der Waals surface area contributed by atoms with E-state index < -0.39 is 0 Å². The van der Waals surface area contributed by atoms with Gasteiger partial charge >= 0.3 is 0 Å². The van der Waals surface area contributed by atoms with Crippen LogP contribution in [-0.4, -0.2) is 45.3 Å². The molecule has 0 radical (unpaired) electrons. The molecule has 0 amide bonds. The van der Waals surface area contributed by atoms with Gasteiger partial charge in [0.05, 0.1) is 25.6 Å². The van der Waals surface area contributed by atoms with Crippen LogP contribution in [0.25, 0.3) is 11.2 Å². The monoisotopic (exact) mass is 281 g/mol. The van der Waals surface area contributed by atoms with Crippen LogP contribution in [0.15, 0.2) is 6.33 Å². The number of imidazole rings is 1. The molecule has 1 atom stereocenters. The van der Waals surface area contributed by atoms with Gasteiger partial charge in [-0.25, -0.2) is 4.98 Å². The van der Waals surface area contributed by atoms with Crippen LogP contribution in [0.4, 0.5) is 5.82 Å². The molecule has 0 saturated carbocycles. The minimum atomic E-state index is 0.238. The van der Waals surface area contributed by atoms with Gasteiger partial charge in [0.1, 0.15) is 5.52 Å². The Kier molecular flexibility index (Phi) is 3.28. The Bertz CT molecular complexity index is 599. The molecule has 0 bridgehead atoms. The fourth-order valence-corrected chi connectivity index (χ4v) is 2.64. The van der Waals surface area contributed by atoms with Crippen molar-refractivity contribution in [3.63, 3.8) is 0 Å². The van der Waals surface area contributed by atoms with E-state index in [1.165, 1.54) is 0 Å². The SMILES string of the molecule is CC[C@H]1COCCN1c1nc(Cl)nc2ncn(C)c12. The number of halogens is 1. The molecule has 7 heteroatoms. The van der Waals surface area contributed by atoms with Gasteiger partial charge in [-0.1, -0.05) is 6.92 Å². The largest absolute Gasteiger partial charge is 0.377 e. The van der Waals surface area contributed by atoms with Crippen molar-refractivity contribution in [2.75, 3.05) is 24.7 Å². The Morgan fingerprint density at radius 1 is 1.47 bits per heavy atom. The number of rotatable bonds is 2. The molecule has 1 saturated heterocycles. The van der Waals surface area contributed by atoms with Crippen LogP contribution in [0.2, 0.25) is 5.28 Å². The third kappa shape index (κ3) is 2.15. The maximum Gasteiger partial charge on any atom is 0.226 e. The summed E-state index contributed by atoms with van der Waals surface area (Å²) in [6.07, 6.45) is 2.74. The van der Waals surface area contributed by atoms with Crippen LogP contribution < -0.4 is 4.90 Å². The number of ether oxygens (including phenoxy) is 1. The number of aryl methyl sites for hydroxylation is 1. The first-order chi connectivity index (χ1) is 9.20. The lowest BCUT2D eigenvalue weighted by molar-refractivity contribution is 0.0927. The molecule has 2 aromatic heterocycles. The van der Waals surface area contributed by atoms with Crippen LogP contribution in [-0.2, 0) is 11.8 Å². The molecule has 0 N–H and O–H groups in total. The first-order valence-electron chi connectivity index (χ1n) is 6.39. The lowest BCUT2D eigenvalue weighted by atomic mass is 10.1. The summed E-state index contributed by atoms with van der Waals surface area (Å²) in [7, 11) is 1.94. The van der Waals surface area contributed by atoms with Gasteiger partial charge in [-0.15, -0.1) is 0 Å². The van der Waals surface area contributed by atoms with E-state index in [9.17, 15) is 0 Å². The highest BCUT2D eigenvalue weighted by atomic mass is 35.5. The Morgan fingerprint density at radius 3 is 3.11 bits per heavy atom. The molecule has 19 heavy (non-hydrogen) atoms. The maximum absolute atomic E-state index is 6.01. The quantitative estimate of drug-likeness (QED) is 0.783.